The molecule has 0 aromatic heterocycles. The quantitative estimate of drug-likeness (QED) is 0.686. The number of hydrogen-bond donors (Lipinski definition) is 1. The Morgan fingerprint density at radius 3 is 2.69 bits per heavy atom. The molecule has 0 amide bonds. The molecule has 1 aliphatic heterocycles. The minimum atomic E-state index is -0.0266. The number of aliphatic hydroxyl groups is 1. The van der Waals surface area contributed by atoms with Gasteiger partial charge in [-0.3, -0.25) is 0 Å². The minimum absolute atomic E-state index is 0.0266. The average Bonchev–Trinajstić information content (AvgIpc) is 2.15. The zero-order valence-electron chi connectivity index (χ0n) is 8.54. The van der Waals surface area contributed by atoms with E-state index in [-0.39, 0.29) is 6.10 Å². The van der Waals surface area contributed by atoms with E-state index in [4.69, 9.17) is 0 Å². The van der Waals surface area contributed by atoms with Crippen molar-refractivity contribution in [3.05, 3.63) is 0 Å². The summed E-state index contributed by atoms with van der Waals surface area (Å²) in [6.07, 6.45) is 3.22. The first kappa shape index (κ1) is 11.3. The molecule has 2 nitrogen and oxygen atoms in total. The molecule has 1 saturated heterocycles. The van der Waals surface area contributed by atoms with Gasteiger partial charge in [-0.2, -0.15) is 11.8 Å². The maximum Gasteiger partial charge on any atom is 0.0564 e. The SMILES string of the molecule is CCSCCCN1CCC(O)CC1. The summed E-state index contributed by atoms with van der Waals surface area (Å²) in [6, 6.07) is 0. The van der Waals surface area contributed by atoms with Crippen LogP contribution < -0.4 is 0 Å². The standard InChI is InChI=1S/C10H21NOS/c1-2-13-9-3-6-11-7-4-10(12)5-8-11/h10,12H,2-9H2,1H3. The van der Waals surface area contributed by atoms with Crippen LogP contribution in [-0.2, 0) is 0 Å². The lowest BCUT2D eigenvalue weighted by Gasteiger charge is -2.29. The predicted molar refractivity (Wildman–Crippen MR) is 59.3 cm³/mol. The number of likely N-dealkylation sites (tertiary alicyclic amines) is 1. The van der Waals surface area contributed by atoms with Gasteiger partial charge in [0.25, 0.3) is 0 Å². The van der Waals surface area contributed by atoms with Crippen LogP contribution in [0.1, 0.15) is 26.2 Å². The number of piperidine rings is 1. The van der Waals surface area contributed by atoms with Crippen LogP contribution in [0.2, 0.25) is 0 Å². The molecule has 3 heteroatoms. The van der Waals surface area contributed by atoms with Crippen LogP contribution in [0, 0.1) is 0 Å². The first-order valence-corrected chi connectivity index (χ1v) is 6.46. The zero-order chi connectivity index (χ0) is 9.52. The van der Waals surface area contributed by atoms with Gasteiger partial charge in [0.15, 0.2) is 0 Å². The van der Waals surface area contributed by atoms with Crippen LogP contribution in [0.4, 0.5) is 0 Å². The predicted octanol–water partition coefficient (Wildman–Crippen LogP) is 1.59. The molecule has 0 unspecified atom stereocenters. The summed E-state index contributed by atoms with van der Waals surface area (Å²) in [5.41, 5.74) is 0. The fourth-order valence-corrected chi connectivity index (χ4v) is 2.30. The van der Waals surface area contributed by atoms with Gasteiger partial charge in [-0.05, 0) is 37.3 Å². The highest BCUT2D eigenvalue weighted by Crippen LogP contribution is 2.11. The molecule has 13 heavy (non-hydrogen) atoms. The first-order valence-electron chi connectivity index (χ1n) is 5.31. The van der Waals surface area contributed by atoms with Crippen LogP contribution >= 0.6 is 11.8 Å². The van der Waals surface area contributed by atoms with Gasteiger partial charge in [0.2, 0.25) is 0 Å². The Kier molecular flexibility index (Phi) is 5.83. The van der Waals surface area contributed by atoms with E-state index in [1.54, 1.807) is 0 Å². The van der Waals surface area contributed by atoms with Crippen LogP contribution in [0.5, 0.6) is 0 Å². The summed E-state index contributed by atoms with van der Waals surface area (Å²) in [7, 11) is 0. The van der Waals surface area contributed by atoms with Gasteiger partial charge >= 0.3 is 0 Å². The topological polar surface area (TPSA) is 23.5 Å². The lowest BCUT2D eigenvalue weighted by Crippen LogP contribution is -2.36. The highest BCUT2D eigenvalue weighted by atomic mass is 32.2. The van der Waals surface area contributed by atoms with Gasteiger partial charge in [0, 0.05) is 13.1 Å². The molecule has 1 heterocycles. The second-order valence-electron chi connectivity index (χ2n) is 3.62. The Morgan fingerprint density at radius 2 is 2.08 bits per heavy atom. The molecule has 1 N–H and O–H groups in total. The summed E-state index contributed by atoms with van der Waals surface area (Å²) < 4.78 is 0. The molecule has 78 valence electrons. The maximum absolute atomic E-state index is 9.31. The Morgan fingerprint density at radius 1 is 1.38 bits per heavy atom. The van der Waals surface area contributed by atoms with Gasteiger partial charge in [-0.1, -0.05) is 6.92 Å². The monoisotopic (exact) mass is 203 g/mol. The van der Waals surface area contributed by atoms with Crippen molar-refractivity contribution in [2.45, 2.75) is 32.3 Å². The normalized spacial score (nSPS) is 20.8. The highest BCUT2D eigenvalue weighted by molar-refractivity contribution is 7.99. The molecule has 0 spiro atoms. The van der Waals surface area contributed by atoms with E-state index in [9.17, 15) is 5.11 Å². The molecule has 0 radical (unpaired) electrons. The first-order chi connectivity index (χ1) is 6.33. The van der Waals surface area contributed by atoms with Crippen LogP contribution in [0.3, 0.4) is 0 Å². The molecule has 0 aromatic rings. The van der Waals surface area contributed by atoms with Crippen LogP contribution in [0.25, 0.3) is 0 Å². The Bertz CT molecular complexity index is 124. The lowest BCUT2D eigenvalue weighted by atomic mass is 10.1. The number of nitrogens with zero attached hydrogens (tertiary/aromatic N) is 1. The summed E-state index contributed by atoms with van der Waals surface area (Å²) in [5.74, 6) is 2.52. The third-order valence-corrected chi connectivity index (χ3v) is 3.51. The third-order valence-electron chi connectivity index (χ3n) is 2.52. The van der Waals surface area contributed by atoms with Gasteiger partial charge in [-0.25, -0.2) is 0 Å². The van der Waals surface area contributed by atoms with E-state index in [1.807, 2.05) is 11.8 Å². The van der Waals surface area contributed by atoms with Crippen molar-refractivity contribution in [1.82, 2.24) is 4.90 Å². The van der Waals surface area contributed by atoms with Gasteiger partial charge in [0.1, 0.15) is 0 Å². The molecule has 0 atom stereocenters. The zero-order valence-corrected chi connectivity index (χ0v) is 9.35. The largest absolute Gasteiger partial charge is 0.393 e. The van der Waals surface area contributed by atoms with E-state index in [0.717, 1.165) is 25.9 Å². The fraction of sp³-hybridized carbons (Fsp3) is 1.00. The second-order valence-corrected chi connectivity index (χ2v) is 5.02. The molecule has 0 bridgehead atoms. The van der Waals surface area contributed by atoms with Crippen molar-refractivity contribution >= 4 is 11.8 Å². The summed E-state index contributed by atoms with van der Waals surface area (Å²) in [4.78, 5) is 2.48. The second kappa shape index (κ2) is 6.68. The molecule has 1 aliphatic rings. The molecule has 1 fully saturated rings. The maximum atomic E-state index is 9.31. The summed E-state index contributed by atoms with van der Waals surface area (Å²) in [5, 5.41) is 9.31. The summed E-state index contributed by atoms with van der Waals surface area (Å²) >= 11 is 2.02. The minimum Gasteiger partial charge on any atom is -0.393 e. The van der Waals surface area contributed by atoms with E-state index in [1.165, 1.54) is 24.5 Å². The van der Waals surface area contributed by atoms with Crippen LogP contribution in [-0.4, -0.2) is 47.3 Å². The average molecular weight is 203 g/mol. The molecular weight excluding hydrogens is 182 g/mol. The van der Waals surface area contributed by atoms with Crippen molar-refractivity contribution < 1.29 is 5.11 Å². The molecule has 1 rings (SSSR count). The molecule has 0 aromatic carbocycles. The van der Waals surface area contributed by atoms with Crippen molar-refractivity contribution in [2.24, 2.45) is 0 Å². The Labute approximate surface area is 85.7 Å². The van der Waals surface area contributed by atoms with Gasteiger partial charge in [0.05, 0.1) is 6.10 Å². The van der Waals surface area contributed by atoms with Crippen molar-refractivity contribution in [1.29, 1.82) is 0 Å². The van der Waals surface area contributed by atoms with Crippen molar-refractivity contribution in [2.75, 3.05) is 31.1 Å². The van der Waals surface area contributed by atoms with E-state index >= 15 is 0 Å². The number of thioether (sulfide) groups is 1. The lowest BCUT2D eigenvalue weighted by molar-refractivity contribution is 0.0828. The highest BCUT2D eigenvalue weighted by Gasteiger charge is 2.15. The number of aliphatic hydroxyl groups excluding tert-OH is 1. The number of hydrogen-bond acceptors (Lipinski definition) is 3. The van der Waals surface area contributed by atoms with Crippen molar-refractivity contribution in [3.8, 4) is 0 Å². The van der Waals surface area contributed by atoms with E-state index < -0.39 is 0 Å². The smallest absolute Gasteiger partial charge is 0.0564 e. The Balaban J connectivity index is 1.96. The van der Waals surface area contributed by atoms with Crippen molar-refractivity contribution in [3.63, 3.8) is 0 Å². The fourth-order valence-electron chi connectivity index (χ4n) is 1.68. The van der Waals surface area contributed by atoms with Crippen LogP contribution in [0.15, 0.2) is 0 Å². The van der Waals surface area contributed by atoms with E-state index in [0.29, 0.717) is 0 Å². The number of rotatable bonds is 5. The van der Waals surface area contributed by atoms with Gasteiger partial charge < -0.3 is 10.0 Å². The van der Waals surface area contributed by atoms with Gasteiger partial charge in [-0.15, -0.1) is 0 Å². The third kappa shape index (κ3) is 4.89. The summed E-state index contributed by atoms with van der Waals surface area (Å²) in [6.45, 7) is 5.62. The Hall–Kier alpha value is 0.270. The van der Waals surface area contributed by atoms with E-state index in [2.05, 4.69) is 11.8 Å². The molecule has 0 aliphatic carbocycles. The molecular formula is C10H21NOS. The molecule has 0 saturated carbocycles.